The summed E-state index contributed by atoms with van der Waals surface area (Å²) in [5.74, 6) is 0.0976. The Kier molecular flexibility index (Phi) is 12.0. The van der Waals surface area contributed by atoms with Crippen molar-refractivity contribution in [2.24, 2.45) is 5.73 Å². The predicted octanol–water partition coefficient (Wildman–Crippen LogP) is 5.71. The van der Waals surface area contributed by atoms with E-state index in [4.69, 9.17) is 5.73 Å². The Bertz CT molecular complexity index is 1050. The first kappa shape index (κ1) is 26.2. The van der Waals surface area contributed by atoms with Crippen molar-refractivity contribution >= 4 is 38.5 Å². The van der Waals surface area contributed by atoms with Crippen LogP contribution in [0.5, 0.6) is 0 Å². The van der Waals surface area contributed by atoms with Crippen LogP contribution >= 0.6 is 11.3 Å². The molecule has 0 saturated carbocycles. The minimum atomic E-state index is -0.533. The summed E-state index contributed by atoms with van der Waals surface area (Å²) < 4.78 is 0. The van der Waals surface area contributed by atoms with Crippen LogP contribution in [0.3, 0.4) is 0 Å². The molecule has 0 bridgehead atoms. The number of rotatable bonds is 3. The molecule has 4 aromatic rings. The summed E-state index contributed by atoms with van der Waals surface area (Å²) in [4.78, 5) is 31.8. The van der Waals surface area contributed by atoms with Gasteiger partial charge in [-0.05, 0) is 23.9 Å². The summed E-state index contributed by atoms with van der Waals surface area (Å²) in [7, 11) is 0. The normalized spacial score (nSPS) is 9.74. The summed E-state index contributed by atoms with van der Waals surface area (Å²) in [6, 6.07) is 3.88. The van der Waals surface area contributed by atoms with E-state index < -0.39 is 5.91 Å². The van der Waals surface area contributed by atoms with Crippen LogP contribution in [0.1, 0.15) is 76.4 Å². The number of amides is 1. The Morgan fingerprint density at radius 1 is 1.00 bits per heavy atom. The first-order valence-corrected chi connectivity index (χ1v) is 11.7. The third-order valence-corrected chi connectivity index (χ3v) is 4.50. The fourth-order valence-electron chi connectivity index (χ4n) is 2.45. The van der Waals surface area contributed by atoms with E-state index in [9.17, 15) is 4.79 Å². The topological polar surface area (TPSA) is 110 Å². The fraction of sp³-hybridized carbons (Fsp3) is 0.435. The number of aromatic amines is 1. The second-order valence-electron chi connectivity index (χ2n) is 6.67. The first-order valence-electron chi connectivity index (χ1n) is 10.8. The van der Waals surface area contributed by atoms with Gasteiger partial charge in [-0.3, -0.25) is 4.79 Å². The lowest BCUT2D eigenvalue weighted by atomic mass is 10.2. The number of aryl methyl sites for hydroxylation is 2. The lowest BCUT2D eigenvalue weighted by Gasteiger charge is -2.00. The quantitative estimate of drug-likeness (QED) is 0.422. The van der Waals surface area contributed by atoms with Crippen LogP contribution in [0.15, 0.2) is 30.0 Å². The van der Waals surface area contributed by atoms with E-state index in [-0.39, 0.29) is 5.69 Å². The van der Waals surface area contributed by atoms with Crippen LogP contribution in [0.2, 0.25) is 0 Å². The number of aromatic nitrogens is 5. The van der Waals surface area contributed by atoms with E-state index >= 15 is 0 Å². The average molecular weight is 443 g/mol. The van der Waals surface area contributed by atoms with Crippen LogP contribution in [-0.2, 0) is 12.8 Å². The van der Waals surface area contributed by atoms with Crippen LogP contribution < -0.4 is 5.73 Å². The van der Waals surface area contributed by atoms with Crippen molar-refractivity contribution in [2.45, 2.75) is 67.2 Å². The van der Waals surface area contributed by atoms with Crippen LogP contribution in [0, 0.1) is 0 Å². The Morgan fingerprint density at radius 2 is 1.68 bits per heavy atom. The van der Waals surface area contributed by atoms with Gasteiger partial charge in [0.05, 0.1) is 16.7 Å². The van der Waals surface area contributed by atoms with Crippen LogP contribution in [-0.4, -0.2) is 30.8 Å². The molecule has 168 valence electrons. The molecule has 0 aliphatic carbocycles. The van der Waals surface area contributed by atoms with E-state index in [1.54, 1.807) is 29.9 Å². The molecule has 0 saturated heterocycles. The molecular formula is C23H34N6OS. The predicted molar refractivity (Wildman–Crippen MR) is 131 cm³/mol. The van der Waals surface area contributed by atoms with Crippen molar-refractivity contribution in [1.82, 2.24) is 24.9 Å². The summed E-state index contributed by atoms with van der Waals surface area (Å²) in [6.45, 7) is 12.5. The zero-order valence-corrected chi connectivity index (χ0v) is 20.2. The van der Waals surface area contributed by atoms with Gasteiger partial charge in [-0.1, -0.05) is 54.4 Å². The molecule has 8 heteroatoms. The summed E-state index contributed by atoms with van der Waals surface area (Å²) >= 11 is 1.67. The maximum absolute atomic E-state index is 11.1. The first-order chi connectivity index (χ1) is 15.0. The number of thiophene rings is 1. The van der Waals surface area contributed by atoms with Gasteiger partial charge in [0.1, 0.15) is 17.0 Å². The number of nitrogens with one attached hydrogen (secondary N) is 1. The number of hydrogen-bond donors (Lipinski definition) is 2. The molecule has 3 N–H and O–H groups in total. The highest BCUT2D eigenvalue weighted by Crippen LogP contribution is 2.20. The van der Waals surface area contributed by atoms with Gasteiger partial charge in [-0.15, -0.1) is 11.3 Å². The highest BCUT2D eigenvalue weighted by molar-refractivity contribution is 7.16. The van der Waals surface area contributed by atoms with Gasteiger partial charge in [0, 0.05) is 18.0 Å². The molecule has 31 heavy (non-hydrogen) atoms. The largest absolute Gasteiger partial charge is 0.364 e. The molecule has 0 aromatic carbocycles. The van der Waals surface area contributed by atoms with E-state index in [1.165, 1.54) is 18.2 Å². The fourth-order valence-corrected chi connectivity index (χ4v) is 3.21. The molecule has 0 aliphatic heterocycles. The van der Waals surface area contributed by atoms with Crippen molar-refractivity contribution in [2.75, 3.05) is 0 Å². The van der Waals surface area contributed by atoms with Gasteiger partial charge in [0.25, 0.3) is 5.91 Å². The number of H-pyrrole nitrogens is 1. The summed E-state index contributed by atoms with van der Waals surface area (Å²) in [5.41, 5.74) is 7.96. The summed E-state index contributed by atoms with van der Waals surface area (Å²) in [6.07, 6.45) is 7.51. The zero-order valence-electron chi connectivity index (χ0n) is 19.4. The molecule has 1 amide bonds. The Morgan fingerprint density at radius 3 is 2.26 bits per heavy atom. The molecule has 4 rings (SSSR count). The van der Waals surface area contributed by atoms with Gasteiger partial charge in [-0.2, -0.15) is 0 Å². The summed E-state index contributed by atoms with van der Waals surface area (Å²) in [5, 5.41) is 3.26. The average Bonchev–Trinajstić information content (AvgIpc) is 3.43. The smallest absolute Gasteiger partial charge is 0.269 e. The van der Waals surface area contributed by atoms with E-state index in [2.05, 4.69) is 71.0 Å². The van der Waals surface area contributed by atoms with Crippen LogP contribution in [0.25, 0.3) is 21.3 Å². The number of primary amides is 1. The number of nitrogens with two attached hydrogens (primary N) is 1. The number of hydrogen-bond acceptors (Lipinski definition) is 6. The molecule has 0 spiro atoms. The SMILES string of the molecule is CCC.CCC.CCc1nc(C(N)=O)c2[nH]ccc2n1.CCc1ncnc2sccc12. The molecule has 7 nitrogen and oxygen atoms in total. The van der Waals surface area contributed by atoms with E-state index in [0.29, 0.717) is 17.8 Å². The van der Waals surface area contributed by atoms with Gasteiger partial charge < -0.3 is 10.7 Å². The van der Waals surface area contributed by atoms with E-state index in [0.717, 1.165) is 22.5 Å². The Balaban J connectivity index is 0.000000252. The molecule has 0 atom stereocenters. The maximum Gasteiger partial charge on any atom is 0.269 e. The highest BCUT2D eigenvalue weighted by Gasteiger charge is 2.11. The zero-order chi connectivity index (χ0) is 23.2. The van der Waals surface area contributed by atoms with Gasteiger partial charge >= 0.3 is 0 Å². The lowest BCUT2D eigenvalue weighted by Crippen LogP contribution is -2.15. The highest BCUT2D eigenvalue weighted by atomic mass is 32.1. The molecule has 0 radical (unpaired) electrons. The monoisotopic (exact) mass is 442 g/mol. The minimum absolute atomic E-state index is 0.261. The number of fused-ring (bicyclic) bond motifs is 2. The molecule has 0 aliphatic rings. The maximum atomic E-state index is 11.1. The van der Waals surface area contributed by atoms with Crippen LogP contribution in [0.4, 0.5) is 0 Å². The lowest BCUT2D eigenvalue weighted by molar-refractivity contribution is 0.0996. The third-order valence-electron chi connectivity index (χ3n) is 3.68. The van der Waals surface area contributed by atoms with Crippen molar-refractivity contribution < 1.29 is 4.79 Å². The van der Waals surface area contributed by atoms with Gasteiger partial charge in [-0.25, -0.2) is 19.9 Å². The molecule has 4 aromatic heterocycles. The van der Waals surface area contributed by atoms with Crippen molar-refractivity contribution in [3.63, 3.8) is 0 Å². The molecular weight excluding hydrogens is 408 g/mol. The van der Waals surface area contributed by atoms with Crippen molar-refractivity contribution in [3.05, 3.63) is 47.2 Å². The molecule has 4 heterocycles. The van der Waals surface area contributed by atoms with Crippen molar-refractivity contribution in [1.29, 1.82) is 0 Å². The third kappa shape index (κ3) is 7.71. The second kappa shape index (κ2) is 14.2. The van der Waals surface area contributed by atoms with E-state index in [1.807, 2.05) is 6.92 Å². The van der Waals surface area contributed by atoms with Gasteiger partial charge in [0.2, 0.25) is 0 Å². The molecule has 0 unspecified atom stereocenters. The number of carbonyl (C=O) groups excluding carboxylic acids is 1. The number of carbonyl (C=O) groups is 1. The van der Waals surface area contributed by atoms with Crippen molar-refractivity contribution in [3.8, 4) is 0 Å². The number of nitrogens with zero attached hydrogens (tertiary/aromatic N) is 4. The molecule has 0 fully saturated rings. The Labute approximate surface area is 188 Å². The van der Waals surface area contributed by atoms with Gasteiger partial charge in [0.15, 0.2) is 5.69 Å². The second-order valence-corrected chi connectivity index (χ2v) is 7.57. The minimum Gasteiger partial charge on any atom is -0.364 e. The Hall–Kier alpha value is -2.87. The standard InChI is InChI=1S/C9H10N4O.C8H8N2S.2C3H8/c1-2-6-12-5-3-4-11-7(5)8(13-6)9(10)14;1-2-7-6-3-4-11-8(6)10-5-9-7;2*1-3-2/h3-4,11H,2H2,1H3,(H2,10,14);3-5H,2H2,1H3;2*3H2,1-2H3.